The molecule has 5 heteroatoms. The SMILES string of the molecule is O=C(Cc1ccc2c(c1)CCC2)Nc1cccc(NC(=O)c2ccco2)c1. The van der Waals surface area contributed by atoms with Gasteiger partial charge < -0.3 is 15.1 Å². The van der Waals surface area contributed by atoms with Crippen LogP contribution in [0.3, 0.4) is 0 Å². The van der Waals surface area contributed by atoms with Crippen LogP contribution in [0.15, 0.2) is 65.3 Å². The minimum atomic E-state index is -0.332. The summed E-state index contributed by atoms with van der Waals surface area (Å²) in [6.45, 7) is 0. The van der Waals surface area contributed by atoms with Gasteiger partial charge in [-0.3, -0.25) is 9.59 Å². The fourth-order valence-corrected chi connectivity index (χ4v) is 3.40. The van der Waals surface area contributed by atoms with E-state index in [1.54, 1.807) is 36.4 Å². The Labute approximate surface area is 157 Å². The number of fused-ring (bicyclic) bond motifs is 1. The smallest absolute Gasteiger partial charge is 0.291 e. The second kappa shape index (κ2) is 7.50. The van der Waals surface area contributed by atoms with Crippen molar-refractivity contribution in [3.63, 3.8) is 0 Å². The molecule has 2 amide bonds. The second-order valence-corrected chi connectivity index (χ2v) is 6.69. The Bertz CT molecular complexity index is 977. The van der Waals surface area contributed by atoms with Crippen molar-refractivity contribution in [2.75, 3.05) is 10.6 Å². The number of carbonyl (C=O) groups is 2. The highest BCUT2D eigenvalue weighted by atomic mass is 16.3. The van der Waals surface area contributed by atoms with E-state index in [-0.39, 0.29) is 17.6 Å². The molecule has 5 nitrogen and oxygen atoms in total. The van der Waals surface area contributed by atoms with Crippen LogP contribution in [0.5, 0.6) is 0 Å². The molecule has 0 spiro atoms. The summed E-state index contributed by atoms with van der Waals surface area (Å²) >= 11 is 0. The number of anilines is 2. The van der Waals surface area contributed by atoms with E-state index in [0.29, 0.717) is 17.8 Å². The molecule has 2 aromatic carbocycles. The molecule has 27 heavy (non-hydrogen) atoms. The van der Waals surface area contributed by atoms with E-state index in [1.807, 2.05) is 6.07 Å². The van der Waals surface area contributed by atoms with Gasteiger partial charge in [0.2, 0.25) is 5.91 Å². The monoisotopic (exact) mass is 360 g/mol. The number of nitrogens with one attached hydrogen (secondary N) is 2. The van der Waals surface area contributed by atoms with E-state index in [1.165, 1.54) is 23.8 Å². The Balaban J connectivity index is 1.39. The summed E-state index contributed by atoms with van der Waals surface area (Å²) in [5, 5.41) is 5.64. The third-order valence-corrected chi connectivity index (χ3v) is 4.68. The molecule has 2 N–H and O–H groups in total. The van der Waals surface area contributed by atoms with Crippen LogP contribution in [0.1, 0.15) is 33.7 Å². The first-order chi connectivity index (χ1) is 13.2. The normalized spacial score (nSPS) is 12.4. The second-order valence-electron chi connectivity index (χ2n) is 6.69. The van der Waals surface area contributed by atoms with E-state index >= 15 is 0 Å². The highest BCUT2D eigenvalue weighted by molar-refractivity contribution is 6.02. The van der Waals surface area contributed by atoms with Crippen molar-refractivity contribution < 1.29 is 14.0 Å². The fourth-order valence-electron chi connectivity index (χ4n) is 3.40. The average Bonchev–Trinajstić information content (AvgIpc) is 3.33. The van der Waals surface area contributed by atoms with Crippen molar-refractivity contribution in [1.82, 2.24) is 0 Å². The summed E-state index contributed by atoms with van der Waals surface area (Å²) in [6.07, 6.45) is 5.21. The highest BCUT2D eigenvalue weighted by Gasteiger charge is 2.13. The maximum atomic E-state index is 12.4. The molecule has 136 valence electrons. The van der Waals surface area contributed by atoms with Gasteiger partial charge in [-0.1, -0.05) is 24.3 Å². The van der Waals surface area contributed by atoms with Gasteiger partial charge in [0.25, 0.3) is 5.91 Å². The predicted molar refractivity (Wildman–Crippen MR) is 104 cm³/mol. The Morgan fingerprint density at radius 3 is 2.52 bits per heavy atom. The fraction of sp³-hybridized carbons (Fsp3) is 0.182. The molecular formula is C22H20N2O3. The maximum Gasteiger partial charge on any atom is 0.291 e. The van der Waals surface area contributed by atoms with Gasteiger partial charge in [0.15, 0.2) is 5.76 Å². The first kappa shape index (κ1) is 17.1. The lowest BCUT2D eigenvalue weighted by molar-refractivity contribution is -0.115. The van der Waals surface area contributed by atoms with Gasteiger partial charge in [0.05, 0.1) is 12.7 Å². The summed E-state index contributed by atoms with van der Waals surface area (Å²) in [7, 11) is 0. The van der Waals surface area contributed by atoms with Gasteiger partial charge in [-0.15, -0.1) is 0 Å². The van der Waals surface area contributed by atoms with Gasteiger partial charge in [0.1, 0.15) is 0 Å². The number of hydrogen-bond donors (Lipinski definition) is 2. The van der Waals surface area contributed by atoms with Gasteiger partial charge in [-0.25, -0.2) is 0 Å². The van der Waals surface area contributed by atoms with Crippen LogP contribution in [0, 0.1) is 0 Å². The summed E-state index contributed by atoms with van der Waals surface area (Å²) in [5.41, 5.74) is 5.02. The summed E-state index contributed by atoms with van der Waals surface area (Å²) in [6, 6.07) is 16.6. The molecule has 0 atom stereocenters. The van der Waals surface area contributed by atoms with Crippen LogP contribution in [0.4, 0.5) is 11.4 Å². The molecule has 0 saturated heterocycles. The first-order valence-corrected chi connectivity index (χ1v) is 9.03. The molecular weight excluding hydrogens is 340 g/mol. The van der Waals surface area contributed by atoms with Crippen LogP contribution >= 0.6 is 0 Å². The number of amides is 2. The molecule has 1 aliphatic rings. The van der Waals surface area contributed by atoms with Crippen molar-refractivity contribution >= 4 is 23.2 Å². The van der Waals surface area contributed by atoms with Crippen molar-refractivity contribution in [3.8, 4) is 0 Å². The average molecular weight is 360 g/mol. The number of benzene rings is 2. The number of carbonyl (C=O) groups excluding carboxylic acids is 2. The minimum Gasteiger partial charge on any atom is -0.459 e. The number of furan rings is 1. The van der Waals surface area contributed by atoms with Gasteiger partial charge in [0, 0.05) is 11.4 Å². The van der Waals surface area contributed by atoms with Crippen LogP contribution < -0.4 is 10.6 Å². The van der Waals surface area contributed by atoms with Gasteiger partial charge >= 0.3 is 0 Å². The van der Waals surface area contributed by atoms with Crippen LogP contribution in [-0.2, 0) is 24.1 Å². The van der Waals surface area contributed by atoms with Crippen molar-refractivity contribution in [2.24, 2.45) is 0 Å². The van der Waals surface area contributed by atoms with Crippen molar-refractivity contribution in [1.29, 1.82) is 0 Å². The standard InChI is InChI=1S/C22H20N2O3/c25-21(13-15-9-10-16-4-1-5-17(16)12-15)23-18-6-2-7-19(14-18)24-22(26)20-8-3-11-27-20/h2-3,6-12,14H,1,4-5,13H2,(H,23,25)(H,24,26). The molecule has 1 heterocycles. The number of hydrogen-bond acceptors (Lipinski definition) is 3. The lowest BCUT2D eigenvalue weighted by Gasteiger charge is -2.09. The van der Waals surface area contributed by atoms with E-state index in [9.17, 15) is 9.59 Å². The molecule has 0 unspecified atom stereocenters. The Kier molecular flexibility index (Phi) is 4.75. The minimum absolute atomic E-state index is 0.0811. The highest BCUT2D eigenvalue weighted by Crippen LogP contribution is 2.23. The van der Waals surface area contributed by atoms with Gasteiger partial charge in [-0.2, -0.15) is 0 Å². The quantitative estimate of drug-likeness (QED) is 0.716. The molecule has 0 radical (unpaired) electrons. The summed E-state index contributed by atoms with van der Waals surface area (Å²) in [5.74, 6) is -0.176. The zero-order chi connectivity index (χ0) is 18.6. The Morgan fingerprint density at radius 1 is 0.889 bits per heavy atom. The summed E-state index contributed by atoms with van der Waals surface area (Å²) in [4.78, 5) is 24.4. The van der Waals surface area contributed by atoms with Crippen LogP contribution in [0.25, 0.3) is 0 Å². The Morgan fingerprint density at radius 2 is 1.70 bits per heavy atom. The molecule has 0 saturated carbocycles. The van der Waals surface area contributed by atoms with Crippen molar-refractivity contribution in [3.05, 3.63) is 83.3 Å². The molecule has 0 bridgehead atoms. The zero-order valence-electron chi connectivity index (χ0n) is 14.8. The molecule has 3 aromatic rings. The number of aryl methyl sites for hydroxylation is 2. The zero-order valence-corrected chi connectivity index (χ0v) is 14.8. The van der Waals surface area contributed by atoms with E-state index in [2.05, 4.69) is 22.8 Å². The third kappa shape index (κ3) is 4.08. The van der Waals surface area contributed by atoms with Crippen LogP contribution in [-0.4, -0.2) is 11.8 Å². The molecule has 4 rings (SSSR count). The lowest BCUT2D eigenvalue weighted by atomic mass is 10.0. The molecule has 0 fully saturated rings. The maximum absolute atomic E-state index is 12.4. The topological polar surface area (TPSA) is 71.3 Å². The predicted octanol–water partition coefficient (Wildman–Crippen LogP) is 4.20. The Hall–Kier alpha value is -3.34. The van der Waals surface area contributed by atoms with Crippen molar-refractivity contribution in [2.45, 2.75) is 25.7 Å². The first-order valence-electron chi connectivity index (χ1n) is 9.03. The van der Waals surface area contributed by atoms with Gasteiger partial charge in [-0.05, 0) is 66.3 Å². The summed E-state index contributed by atoms with van der Waals surface area (Å²) < 4.78 is 5.08. The molecule has 0 aliphatic heterocycles. The molecule has 1 aliphatic carbocycles. The third-order valence-electron chi connectivity index (χ3n) is 4.68. The van der Waals surface area contributed by atoms with Crippen LogP contribution in [0.2, 0.25) is 0 Å². The lowest BCUT2D eigenvalue weighted by Crippen LogP contribution is -2.15. The van der Waals surface area contributed by atoms with E-state index in [4.69, 9.17) is 4.42 Å². The molecule has 1 aromatic heterocycles. The van der Waals surface area contributed by atoms with E-state index in [0.717, 1.165) is 18.4 Å². The van der Waals surface area contributed by atoms with E-state index < -0.39 is 0 Å². The largest absolute Gasteiger partial charge is 0.459 e. The number of rotatable bonds is 5.